The molecule has 1 aromatic heterocycles. The molecule has 2 aromatic rings. The Balaban J connectivity index is 2.38. The smallest absolute Gasteiger partial charge is 0.411 e. The van der Waals surface area contributed by atoms with Crippen molar-refractivity contribution in [1.82, 2.24) is 8.75 Å². The van der Waals surface area contributed by atoms with Crippen molar-refractivity contribution in [3.05, 3.63) is 17.7 Å². The number of hydrogen-bond donors (Lipinski definition) is 1. The Hall–Kier alpha value is -1.69. The fourth-order valence-electron chi connectivity index (χ4n) is 1.38. The Morgan fingerprint density at radius 2 is 2.31 bits per heavy atom. The number of anilines is 1. The summed E-state index contributed by atoms with van der Waals surface area (Å²) in [7, 11) is 0. The second-order valence-corrected chi connectivity index (χ2v) is 3.76. The van der Waals surface area contributed by atoms with Crippen LogP contribution in [0.5, 0.6) is 0 Å². The summed E-state index contributed by atoms with van der Waals surface area (Å²) in [4.78, 5) is 11.4. The van der Waals surface area contributed by atoms with E-state index in [0.717, 1.165) is 22.8 Å². The molecule has 1 aromatic carbocycles. The number of aromatic nitrogens is 2. The third-order valence-corrected chi connectivity index (χ3v) is 2.68. The van der Waals surface area contributed by atoms with Gasteiger partial charge in [-0.15, -0.1) is 0 Å². The van der Waals surface area contributed by atoms with E-state index < -0.39 is 6.09 Å². The SMILES string of the molecule is CCOC(=O)Nc1c(C)ccc2nsnc12. The van der Waals surface area contributed by atoms with Gasteiger partial charge in [-0.25, -0.2) is 4.79 Å². The predicted molar refractivity (Wildman–Crippen MR) is 62.8 cm³/mol. The third kappa shape index (κ3) is 1.96. The normalized spacial score (nSPS) is 10.4. The van der Waals surface area contributed by atoms with Crippen LogP contribution in [0.4, 0.5) is 10.5 Å². The molecule has 2 rings (SSSR count). The van der Waals surface area contributed by atoms with E-state index in [2.05, 4.69) is 14.1 Å². The minimum Gasteiger partial charge on any atom is -0.450 e. The highest BCUT2D eigenvalue weighted by atomic mass is 32.1. The van der Waals surface area contributed by atoms with E-state index in [4.69, 9.17) is 4.74 Å². The average molecular weight is 237 g/mol. The molecule has 0 aliphatic heterocycles. The number of carbonyl (C=O) groups excluding carboxylic acids is 1. The Morgan fingerprint density at radius 1 is 1.50 bits per heavy atom. The zero-order chi connectivity index (χ0) is 11.5. The van der Waals surface area contributed by atoms with Gasteiger partial charge in [0, 0.05) is 0 Å². The Labute approximate surface area is 96.8 Å². The van der Waals surface area contributed by atoms with Crippen LogP contribution in [0.25, 0.3) is 11.0 Å². The number of fused-ring (bicyclic) bond motifs is 1. The first-order valence-electron chi connectivity index (χ1n) is 4.88. The van der Waals surface area contributed by atoms with Crippen molar-refractivity contribution in [2.75, 3.05) is 11.9 Å². The molecule has 84 valence electrons. The van der Waals surface area contributed by atoms with Crippen molar-refractivity contribution in [2.24, 2.45) is 0 Å². The van der Waals surface area contributed by atoms with Gasteiger partial charge in [0.05, 0.1) is 24.0 Å². The molecule has 0 saturated heterocycles. The number of ether oxygens (including phenoxy) is 1. The van der Waals surface area contributed by atoms with Gasteiger partial charge in [-0.2, -0.15) is 8.75 Å². The van der Waals surface area contributed by atoms with Gasteiger partial charge in [0.2, 0.25) is 0 Å². The molecule has 1 N–H and O–H groups in total. The van der Waals surface area contributed by atoms with Crippen LogP contribution in [0.2, 0.25) is 0 Å². The van der Waals surface area contributed by atoms with Gasteiger partial charge in [0.1, 0.15) is 11.0 Å². The van der Waals surface area contributed by atoms with E-state index in [0.29, 0.717) is 17.8 Å². The number of amides is 1. The maximum atomic E-state index is 11.4. The van der Waals surface area contributed by atoms with Crippen LogP contribution in [0.3, 0.4) is 0 Å². The average Bonchev–Trinajstić information content (AvgIpc) is 2.71. The molecule has 0 unspecified atom stereocenters. The van der Waals surface area contributed by atoms with Gasteiger partial charge in [-0.05, 0) is 25.5 Å². The topological polar surface area (TPSA) is 64.1 Å². The summed E-state index contributed by atoms with van der Waals surface area (Å²) in [5.74, 6) is 0. The lowest BCUT2D eigenvalue weighted by Crippen LogP contribution is -2.14. The van der Waals surface area contributed by atoms with E-state index in [1.165, 1.54) is 0 Å². The zero-order valence-electron chi connectivity index (χ0n) is 8.98. The molecule has 0 fully saturated rings. The molecule has 1 heterocycles. The molecule has 5 nitrogen and oxygen atoms in total. The van der Waals surface area contributed by atoms with Crippen molar-refractivity contribution in [3.8, 4) is 0 Å². The fourth-order valence-corrected chi connectivity index (χ4v) is 1.92. The number of nitrogens with zero attached hydrogens (tertiary/aromatic N) is 2. The lowest BCUT2D eigenvalue weighted by molar-refractivity contribution is 0.168. The third-order valence-electron chi connectivity index (χ3n) is 2.14. The molecule has 0 saturated carbocycles. The lowest BCUT2D eigenvalue weighted by atomic mass is 10.1. The van der Waals surface area contributed by atoms with Crippen LogP contribution in [-0.2, 0) is 4.74 Å². The molecule has 0 radical (unpaired) electrons. The fraction of sp³-hybridized carbons (Fsp3) is 0.300. The van der Waals surface area contributed by atoms with Crippen molar-refractivity contribution < 1.29 is 9.53 Å². The van der Waals surface area contributed by atoms with Crippen molar-refractivity contribution in [3.63, 3.8) is 0 Å². The van der Waals surface area contributed by atoms with Crippen molar-refractivity contribution in [1.29, 1.82) is 0 Å². The Morgan fingerprint density at radius 3 is 3.06 bits per heavy atom. The number of nitrogens with one attached hydrogen (secondary N) is 1. The Bertz CT molecular complexity index is 524. The molecule has 16 heavy (non-hydrogen) atoms. The minimum atomic E-state index is -0.467. The van der Waals surface area contributed by atoms with Crippen LogP contribution in [0.1, 0.15) is 12.5 Å². The minimum absolute atomic E-state index is 0.343. The number of aryl methyl sites for hydroxylation is 1. The summed E-state index contributed by atoms with van der Waals surface area (Å²) >= 11 is 1.12. The van der Waals surface area contributed by atoms with Crippen LogP contribution in [-0.4, -0.2) is 21.4 Å². The summed E-state index contributed by atoms with van der Waals surface area (Å²) in [6.07, 6.45) is -0.467. The summed E-state index contributed by atoms with van der Waals surface area (Å²) < 4.78 is 13.1. The molecule has 1 amide bonds. The number of carbonyl (C=O) groups is 1. The zero-order valence-corrected chi connectivity index (χ0v) is 9.80. The summed E-state index contributed by atoms with van der Waals surface area (Å²) in [6.45, 7) is 4.01. The first-order chi connectivity index (χ1) is 7.72. The molecule has 0 bridgehead atoms. The molecule has 0 aliphatic carbocycles. The second kappa shape index (κ2) is 4.44. The molecule has 6 heteroatoms. The highest BCUT2D eigenvalue weighted by Crippen LogP contribution is 2.25. The van der Waals surface area contributed by atoms with Gasteiger partial charge in [0.15, 0.2) is 0 Å². The number of hydrogen-bond acceptors (Lipinski definition) is 5. The number of benzene rings is 1. The highest BCUT2D eigenvalue weighted by Gasteiger charge is 2.11. The van der Waals surface area contributed by atoms with E-state index in [9.17, 15) is 4.79 Å². The highest BCUT2D eigenvalue weighted by molar-refractivity contribution is 7.00. The molecular formula is C10H11N3O2S. The molecular weight excluding hydrogens is 226 g/mol. The van der Waals surface area contributed by atoms with Crippen LogP contribution in [0.15, 0.2) is 12.1 Å². The van der Waals surface area contributed by atoms with Crippen LogP contribution in [0, 0.1) is 6.92 Å². The quantitative estimate of drug-likeness (QED) is 0.871. The van der Waals surface area contributed by atoms with Gasteiger partial charge in [-0.1, -0.05) is 6.07 Å². The molecule has 0 aliphatic rings. The van der Waals surface area contributed by atoms with Crippen LogP contribution < -0.4 is 5.32 Å². The maximum absolute atomic E-state index is 11.4. The van der Waals surface area contributed by atoms with E-state index >= 15 is 0 Å². The molecule has 0 atom stereocenters. The number of rotatable bonds is 2. The summed E-state index contributed by atoms with van der Waals surface area (Å²) in [5, 5.41) is 2.68. The first kappa shape index (κ1) is 10.8. The van der Waals surface area contributed by atoms with Gasteiger partial charge >= 0.3 is 6.09 Å². The second-order valence-electron chi connectivity index (χ2n) is 3.23. The van der Waals surface area contributed by atoms with Crippen LogP contribution >= 0.6 is 11.7 Å². The Kier molecular flexibility index (Phi) is 3.00. The largest absolute Gasteiger partial charge is 0.450 e. The summed E-state index contributed by atoms with van der Waals surface area (Å²) in [6, 6.07) is 3.77. The van der Waals surface area contributed by atoms with Crippen molar-refractivity contribution in [2.45, 2.75) is 13.8 Å². The first-order valence-corrected chi connectivity index (χ1v) is 5.61. The van der Waals surface area contributed by atoms with E-state index in [1.54, 1.807) is 6.92 Å². The maximum Gasteiger partial charge on any atom is 0.411 e. The van der Waals surface area contributed by atoms with Crippen molar-refractivity contribution >= 4 is 34.5 Å². The lowest BCUT2D eigenvalue weighted by Gasteiger charge is -2.08. The van der Waals surface area contributed by atoms with E-state index in [1.807, 2.05) is 19.1 Å². The molecule has 0 spiro atoms. The van der Waals surface area contributed by atoms with Gasteiger partial charge < -0.3 is 4.74 Å². The predicted octanol–water partition coefficient (Wildman–Crippen LogP) is 2.57. The van der Waals surface area contributed by atoms with E-state index in [-0.39, 0.29) is 0 Å². The van der Waals surface area contributed by atoms with Gasteiger partial charge in [0.25, 0.3) is 0 Å². The van der Waals surface area contributed by atoms with Gasteiger partial charge in [-0.3, -0.25) is 5.32 Å². The summed E-state index contributed by atoms with van der Waals surface area (Å²) in [5.41, 5.74) is 3.10. The monoisotopic (exact) mass is 237 g/mol. The standard InChI is InChI=1S/C10H11N3O2S/c1-3-15-10(14)11-8-6(2)4-5-7-9(8)13-16-12-7/h4-5H,3H2,1-2H3,(H,11,14).